The lowest BCUT2D eigenvalue weighted by Crippen LogP contribution is -2.60. The average molecular weight is 1400 g/mol. The van der Waals surface area contributed by atoms with Crippen LogP contribution in [0.25, 0.3) is 33.1 Å². The van der Waals surface area contributed by atoms with Crippen LogP contribution >= 0.6 is 0 Å². The smallest absolute Gasteiger partial charge is 0.342 e. The molecule has 0 N–H and O–H groups in total. The van der Waals surface area contributed by atoms with Crippen LogP contribution in [0.2, 0.25) is 0 Å². The zero-order chi connectivity index (χ0) is 73.0. The topological polar surface area (TPSA) is 36.0 Å². The summed E-state index contributed by atoms with van der Waals surface area (Å²) in [5, 5.41) is 6.74. The van der Waals surface area contributed by atoms with Gasteiger partial charge in [-0.15, -0.1) is 0 Å². The maximum Gasteiger partial charge on any atom is 0.342 e. The molecule has 7 heteroatoms. The Labute approximate surface area is 627 Å². The summed E-state index contributed by atoms with van der Waals surface area (Å²) in [6, 6.07) is 70.9. The molecule has 0 spiro atoms. The molecule has 0 amide bonds. The highest BCUT2D eigenvalue weighted by Crippen LogP contribution is 2.63. The van der Waals surface area contributed by atoms with E-state index in [9.17, 15) is 0 Å². The van der Waals surface area contributed by atoms with E-state index in [1.807, 2.05) is 0 Å². The molecule has 0 bridgehead atoms. The molecule has 105 heavy (non-hydrogen) atoms. The first-order valence-electron chi connectivity index (χ1n) is 40.2. The van der Waals surface area contributed by atoms with Crippen LogP contribution in [0, 0.1) is 0 Å². The van der Waals surface area contributed by atoms with E-state index in [1.54, 1.807) is 0 Å². The summed E-state index contributed by atoms with van der Waals surface area (Å²) in [5.41, 5.74) is 29.7. The molecule has 0 radical (unpaired) electrons. The van der Waals surface area contributed by atoms with Gasteiger partial charge in [-0.2, -0.15) is 0 Å². The van der Waals surface area contributed by atoms with Crippen molar-refractivity contribution in [2.24, 2.45) is 0 Å². The largest absolute Gasteiger partial charge is 0.468 e. The van der Waals surface area contributed by atoms with E-state index in [-0.39, 0.29) is 61.0 Å². The first-order valence-corrected chi connectivity index (χ1v) is 41.9. The van der Waals surface area contributed by atoms with Gasteiger partial charge in [-0.25, -0.2) is 0 Å². The van der Waals surface area contributed by atoms with E-state index in [4.69, 9.17) is 8.83 Å². The van der Waals surface area contributed by atoms with Crippen molar-refractivity contribution in [2.45, 2.75) is 256 Å². The lowest BCUT2D eigenvalue weighted by atomic mass is 9.37. The van der Waals surface area contributed by atoms with Crippen molar-refractivity contribution in [3.8, 4) is 11.1 Å². The lowest BCUT2D eigenvalue weighted by molar-refractivity contribution is 0.195. The fraction of sp³-hybridized carbons (Fsp3) is 0.408. The van der Waals surface area contributed by atoms with E-state index in [0.717, 1.165) is 98.1 Å². The van der Waals surface area contributed by atoms with Crippen LogP contribution in [0.3, 0.4) is 0 Å². The molecular formula is C98H108BN3O2Si. The molecule has 5 aliphatic carbocycles. The summed E-state index contributed by atoms with van der Waals surface area (Å²) in [6.07, 6.45) is 13.6. The molecule has 9 aromatic carbocycles. The van der Waals surface area contributed by atoms with E-state index in [2.05, 4.69) is 315 Å². The molecule has 3 atom stereocenters. The molecule has 3 unspecified atom stereocenters. The molecule has 1 saturated carbocycles. The van der Waals surface area contributed by atoms with Crippen molar-refractivity contribution in [2.75, 3.05) is 14.7 Å². The Bertz CT molecular complexity index is 5260. The minimum Gasteiger partial charge on any atom is -0.468 e. The molecule has 3 aliphatic heterocycles. The van der Waals surface area contributed by atoms with Gasteiger partial charge in [0.15, 0.2) is 0 Å². The highest BCUT2D eigenvalue weighted by Gasteiger charge is 2.60. The number of nitrogens with zero attached hydrogens (tertiary/aromatic N) is 3. The SMILES string of the molecule is CC1(C)CCC(C)(C)c2cc(N3c4cc(N5c6ccc([SiH](c7ccccc7)c7ccccc7-c7ccccc7)cc6C6(C)CCCCC56C)cc5c4B(c4oc6cc7c(cc6c43)C(C)(C)CCC7(C)C)c3oc4cc6c(cc4c3N5c3ccc4c(c3)C(C)(C)CCC4(C)C)C(C)(C)CCC6(C)C)ccc21. The third kappa shape index (κ3) is 9.62. The maximum absolute atomic E-state index is 8.07. The number of hydrogen-bond acceptors (Lipinski definition) is 5. The minimum atomic E-state index is -2.11. The molecule has 0 saturated heterocycles. The van der Waals surface area contributed by atoms with E-state index in [0.29, 0.717) is 0 Å². The Balaban J connectivity index is 0.946. The fourth-order valence-electron chi connectivity index (χ4n) is 22.3. The second-order valence-electron chi connectivity index (χ2n) is 39.7. The predicted octanol–water partition coefficient (Wildman–Crippen LogP) is 22.3. The first-order chi connectivity index (χ1) is 49.7. The number of rotatable bonds is 7. The predicted molar refractivity (Wildman–Crippen MR) is 448 cm³/mol. The molecule has 19 rings (SSSR count). The van der Waals surface area contributed by atoms with Gasteiger partial charge in [-0.3, -0.25) is 0 Å². The zero-order valence-corrected chi connectivity index (χ0v) is 67.2. The summed E-state index contributed by atoms with van der Waals surface area (Å²) in [7, 11) is -2.11. The summed E-state index contributed by atoms with van der Waals surface area (Å²) < 4.78 is 16.1. The Morgan fingerprint density at radius 3 is 1.24 bits per heavy atom. The summed E-state index contributed by atoms with van der Waals surface area (Å²) >= 11 is 0. The van der Waals surface area contributed by atoms with Gasteiger partial charge in [-0.1, -0.05) is 250 Å². The molecule has 8 aliphatic rings. The van der Waals surface area contributed by atoms with Crippen LogP contribution in [0.4, 0.5) is 45.5 Å². The van der Waals surface area contributed by atoms with Crippen molar-refractivity contribution in [1.82, 2.24) is 0 Å². The van der Waals surface area contributed by atoms with Gasteiger partial charge in [0.05, 0.1) is 16.9 Å². The van der Waals surface area contributed by atoms with Crippen LogP contribution in [0.15, 0.2) is 185 Å². The Kier molecular flexibility index (Phi) is 14.2. The third-order valence-electron chi connectivity index (χ3n) is 29.6. The molecular weight excluding hydrogens is 1290 g/mol. The lowest BCUT2D eigenvalue weighted by Gasteiger charge is -2.51. The van der Waals surface area contributed by atoms with Gasteiger partial charge in [-0.05, 0) is 253 Å². The number of anilines is 8. The normalized spacial score (nSPS) is 23.4. The van der Waals surface area contributed by atoms with Crippen LogP contribution in [-0.2, 0) is 48.7 Å². The Morgan fingerprint density at radius 1 is 0.333 bits per heavy atom. The Hall–Kier alpha value is -8.26. The van der Waals surface area contributed by atoms with Crippen molar-refractivity contribution >= 4 is 115 Å². The number of furan rings is 2. The standard InChI is InChI=1S/C98H108BN3O2Si/c1-89(2)43-45-91(5,6)71-51-61(35-38-69(71)89)100-79-53-63(102-78-40-37-65(55-77(78)97(17)41-27-28-42-98(97,102)18)105(64-31-23-20-24-32-64)83-34-26-25-33-66(83)60-29-21-19-22-30-60)54-80-84(79)99(87-85(100)67-56-73-75(58-81(67)103-87)95(13,14)49-47-93(73,9)10)88-86(68-57-74-76(59-82(68)104-88)96(15,16)50-48-94(74,11)12)101(80)62-36-39-70-72(52-62)92(7,8)46-44-90(70,3)4/h19-26,29-40,51-59,105H,27-28,41-50H2,1-18H3. The second kappa shape index (κ2) is 22.2. The molecule has 5 nitrogen and oxygen atoms in total. The Morgan fingerprint density at radius 2 is 0.752 bits per heavy atom. The van der Waals surface area contributed by atoms with Crippen LogP contribution in [-0.4, -0.2) is 21.0 Å². The quantitative estimate of drug-likeness (QED) is 0.117. The van der Waals surface area contributed by atoms with Gasteiger partial charge < -0.3 is 23.5 Å². The molecule has 1 fully saturated rings. The molecule has 5 heterocycles. The van der Waals surface area contributed by atoms with E-state index < -0.39 is 8.80 Å². The fourth-order valence-corrected chi connectivity index (χ4v) is 25.5. The van der Waals surface area contributed by atoms with Gasteiger partial charge >= 0.3 is 6.71 Å². The summed E-state index contributed by atoms with van der Waals surface area (Å²) in [5.74, 6) is 0. The highest BCUT2D eigenvalue weighted by molar-refractivity contribution is 6.99. The van der Waals surface area contributed by atoms with Crippen LogP contribution < -0.4 is 47.0 Å². The van der Waals surface area contributed by atoms with Gasteiger partial charge in [0.25, 0.3) is 0 Å². The van der Waals surface area contributed by atoms with Gasteiger partial charge in [0.2, 0.25) is 0 Å². The average Bonchev–Trinajstić information content (AvgIpc) is 1.55. The number of hydrogen-bond donors (Lipinski definition) is 0. The van der Waals surface area contributed by atoms with Crippen LogP contribution in [0.1, 0.15) is 252 Å². The van der Waals surface area contributed by atoms with E-state index >= 15 is 0 Å². The first kappa shape index (κ1) is 67.4. The maximum atomic E-state index is 8.07. The zero-order valence-electron chi connectivity index (χ0n) is 66.0. The molecule has 534 valence electrons. The molecule has 2 aromatic heterocycles. The van der Waals surface area contributed by atoms with Crippen molar-refractivity contribution < 1.29 is 8.83 Å². The summed E-state index contributed by atoms with van der Waals surface area (Å²) in [6.45, 7) is 44.7. The van der Waals surface area contributed by atoms with Gasteiger partial charge in [0.1, 0.15) is 31.3 Å². The van der Waals surface area contributed by atoms with Gasteiger partial charge in [0, 0.05) is 50.3 Å². The minimum absolute atomic E-state index is 0.0287. The van der Waals surface area contributed by atoms with Crippen LogP contribution in [0.5, 0.6) is 0 Å². The number of benzene rings is 9. The second-order valence-corrected chi connectivity index (χ2v) is 42.5. The highest BCUT2D eigenvalue weighted by atomic mass is 28.3. The van der Waals surface area contributed by atoms with Crippen molar-refractivity contribution in [3.05, 3.63) is 226 Å². The van der Waals surface area contributed by atoms with Crippen molar-refractivity contribution in [3.63, 3.8) is 0 Å². The third-order valence-corrected chi connectivity index (χ3v) is 32.8. The number of fused-ring (bicyclic) bond motifs is 15. The monoisotopic (exact) mass is 1400 g/mol. The van der Waals surface area contributed by atoms with Crippen molar-refractivity contribution in [1.29, 1.82) is 0 Å². The molecule has 11 aromatic rings. The summed E-state index contributed by atoms with van der Waals surface area (Å²) in [4.78, 5) is 8.39. The van der Waals surface area contributed by atoms with E-state index in [1.165, 1.54) is 140 Å².